The molecule has 2 atom stereocenters. The first-order valence-corrected chi connectivity index (χ1v) is 14.3. The van der Waals surface area contributed by atoms with Crippen LogP contribution in [0.3, 0.4) is 0 Å². The number of ether oxygens (including phenoxy) is 1. The van der Waals surface area contributed by atoms with Gasteiger partial charge >= 0.3 is 6.03 Å². The highest BCUT2D eigenvalue weighted by atomic mass is 35.5. The van der Waals surface area contributed by atoms with Crippen molar-refractivity contribution in [3.8, 4) is 5.88 Å². The van der Waals surface area contributed by atoms with E-state index in [0.717, 1.165) is 11.1 Å². The first-order valence-electron chi connectivity index (χ1n) is 13.5. The molecule has 0 spiro atoms. The summed E-state index contributed by atoms with van der Waals surface area (Å²) in [6.07, 6.45) is 1.67. The van der Waals surface area contributed by atoms with Gasteiger partial charge in [0.1, 0.15) is 24.2 Å². The minimum absolute atomic E-state index is 0. The maximum atomic E-state index is 14.4. The molecule has 0 aliphatic carbocycles. The van der Waals surface area contributed by atoms with E-state index >= 15 is 0 Å². The molecule has 9 nitrogen and oxygen atoms in total. The van der Waals surface area contributed by atoms with Crippen molar-refractivity contribution in [2.75, 3.05) is 26.2 Å². The number of aromatic nitrogens is 2. The van der Waals surface area contributed by atoms with Gasteiger partial charge in [0.05, 0.1) is 18.2 Å². The molecule has 0 bridgehead atoms. The predicted molar refractivity (Wildman–Crippen MR) is 166 cm³/mol. The van der Waals surface area contributed by atoms with Crippen LogP contribution in [-0.2, 0) is 10.2 Å². The summed E-state index contributed by atoms with van der Waals surface area (Å²) in [6, 6.07) is 13.4. The summed E-state index contributed by atoms with van der Waals surface area (Å²) in [7, 11) is 0. The fraction of sp³-hybridized carbons (Fsp3) is 0.367. The van der Waals surface area contributed by atoms with Gasteiger partial charge in [-0.2, -0.15) is 4.98 Å². The molecule has 0 saturated carbocycles. The predicted octanol–water partition coefficient (Wildman–Crippen LogP) is 6.00. The van der Waals surface area contributed by atoms with Crippen molar-refractivity contribution in [1.29, 1.82) is 0 Å². The minimum Gasteiger partial charge on any atom is -0.477 e. The Labute approximate surface area is 261 Å². The molecule has 12 heteroatoms. The summed E-state index contributed by atoms with van der Waals surface area (Å²) in [6.45, 7) is 8.98. The number of piperazine rings is 1. The van der Waals surface area contributed by atoms with Crippen molar-refractivity contribution >= 4 is 53.4 Å². The molecule has 0 radical (unpaired) electrons. The normalized spacial score (nSPS) is 18.7. The average Bonchev–Trinajstić information content (AvgIpc) is 3.33. The van der Waals surface area contributed by atoms with E-state index in [-0.39, 0.29) is 36.3 Å². The third kappa shape index (κ3) is 6.48. The number of benzene rings is 2. The number of urea groups is 1. The number of hydrogen-bond acceptors (Lipinski definition) is 6. The third-order valence-corrected chi connectivity index (χ3v) is 7.46. The molecule has 2 aliphatic rings. The molecule has 222 valence electrons. The molecule has 5 rings (SSSR count). The van der Waals surface area contributed by atoms with Crippen molar-refractivity contribution in [3.63, 3.8) is 0 Å². The van der Waals surface area contributed by atoms with Crippen LogP contribution >= 0.6 is 35.6 Å². The zero-order chi connectivity index (χ0) is 29.3. The molecule has 1 aromatic heterocycles. The highest BCUT2D eigenvalue weighted by molar-refractivity contribution is 6.30. The minimum atomic E-state index is -0.558. The van der Waals surface area contributed by atoms with Crippen LogP contribution in [0.1, 0.15) is 62.3 Å². The third-order valence-electron chi connectivity index (χ3n) is 6.95. The first kappa shape index (κ1) is 31.5. The molecule has 1 fully saturated rings. The Morgan fingerprint density at radius 2 is 1.67 bits per heavy atom. The fourth-order valence-corrected chi connectivity index (χ4v) is 5.19. The standard InChI is InChI=1S/C30H32Cl2N6O3.ClH/c1-5-41-27-22(16-34-28(36-27)30(2,3)4)26-35-24(18-6-10-20(31)11-7-18)25(19-8-12-21(32)13-9-19)38(26)29(40)37-15-14-33-23(39)17-37;/h6-13,16,24-25H,5,14-15,17H2,1-4H3,(H,33,39);1H/t24-,25+;/m0./s1. The second-order valence-electron chi connectivity index (χ2n) is 11.0. The Kier molecular flexibility index (Phi) is 9.65. The van der Waals surface area contributed by atoms with E-state index in [1.165, 1.54) is 4.90 Å². The summed E-state index contributed by atoms with van der Waals surface area (Å²) in [5.41, 5.74) is 1.86. The monoisotopic (exact) mass is 630 g/mol. The zero-order valence-electron chi connectivity index (χ0n) is 23.8. The van der Waals surface area contributed by atoms with Gasteiger partial charge in [0.15, 0.2) is 0 Å². The Morgan fingerprint density at radius 1 is 1.05 bits per heavy atom. The lowest BCUT2D eigenvalue weighted by molar-refractivity contribution is -0.123. The highest BCUT2D eigenvalue weighted by Crippen LogP contribution is 2.45. The molecule has 1 saturated heterocycles. The van der Waals surface area contributed by atoms with Crippen LogP contribution in [0, 0.1) is 0 Å². The van der Waals surface area contributed by atoms with Crippen LogP contribution in [0.15, 0.2) is 59.7 Å². The number of amides is 3. The molecule has 3 amide bonds. The van der Waals surface area contributed by atoms with Gasteiger partial charge in [-0.25, -0.2) is 9.78 Å². The van der Waals surface area contributed by atoms with E-state index in [0.29, 0.717) is 52.8 Å². The van der Waals surface area contributed by atoms with Crippen molar-refractivity contribution in [3.05, 3.63) is 87.3 Å². The number of nitrogens with one attached hydrogen (secondary N) is 1. The van der Waals surface area contributed by atoms with Crippen LogP contribution in [0.5, 0.6) is 5.88 Å². The molecule has 3 heterocycles. The molecule has 2 aromatic carbocycles. The number of halogens is 3. The number of hydrogen-bond donors (Lipinski definition) is 1. The van der Waals surface area contributed by atoms with Crippen molar-refractivity contribution in [1.82, 2.24) is 25.1 Å². The molecule has 0 unspecified atom stereocenters. The van der Waals surface area contributed by atoms with E-state index in [4.69, 9.17) is 37.9 Å². The number of carbonyl (C=O) groups excluding carboxylic acids is 2. The number of carbonyl (C=O) groups is 2. The van der Waals surface area contributed by atoms with E-state index < -0.39 is 12.1 Å². The second kappa shape index (κ2) is 12.9. The molecule has 42 heavy (non-hydrogen) atoms. The number of rotatable bonds is 5. The van der Waals surface area contributed by atoms with Gasteiger partial charge < -0.3 is 15.0 Å². The van der Waals surface area contributed by atoms with Crippen LogP contribution < -0.4 is 10.1 Å². The lowest BCUT2D eigenvalue weighted by Gasteiger charge is -2.35. The Morgan fingerprint density at radius 3 is 2.24 bits per heavy atom. The van der Waals surface area contributed by atoms with Gasteiger partial charge in [0.25, 0.3) is 0 Å². The largest absolute Gasteiger partial charge is 0.477 e. The van der Waals surface area contributed by atoms with E-state index in [1.54, 1.807) is 35.4 Å². The van der Waals surface area contributed by atoms with Crippen molar-refractivity contribution < 1.29 is 14.3 Å². The summed E-state index contributed by atoms with van der Waals surface area (Å²) in [4.78, 5) is 44.4. The quantitative estimate of drug-likeness (QED) is 0.373. The number of nitrogens with zero attached hydrogens (tertiary/aromatic N) is 5. The van der Waals surface area contributed by atoms with Gasteiger partial charge in [0.2, 0.25) is 11.8 Å². The lowest BCUT2D eigenvalue weighted by Crippen LogP contribution is -2.55. The summed E-state index contributed by atoms with van der Waals surface area (Å²) in [5, 5.41) is 3.96. The van der Waals surface area contributed by atoms with Gasteiger partial charge in [0, 0.05) is 34.7 Å². The summed E-state index contributed by atoms with van der Waals surface area (Å²) >= 11 is 12.5. The van der Waals surface area contributed by atoms with E-state index in [2.05, 4.69) is 10.3 Å². The Bertz CT molecular complexity index is 1480. The van der Waals surface area contributed by atoms with Crippen LogP contribution in [0.2, 0.25) is 10.0 Å². The van der Waals surface area contributed by atoms with Gasteiger partial charge in [-0.05, 0) is 42.3 Å². The maximum Gasteiger partial charge on any atom is 0.326 e. The average molecular weight is 632 g/mol. The number of aliphatic imine (C=N–C) groups is 1. The van der Waals surface area contributed by atoms with E-state index in [9.17, 15) is 9.59 Å². The van der Waals surface area contributed by atoms with Gasteiger partial charge in [-0.3, -0.25) is 14.7 Å². The molecule has 3 aromatic rings. The smallest absolute Gasteiger partial charge is 0.326 e. The van der Waals surface area contributed by atoms with Crippen molar-refractivity contribution in [2.45, 2.75) is 45.2 Å². The first-order chi connectivity index (χ1) is 19.6. The van der Waals surface area contributed by atoms with Crippen LogP contribution in [0.4, 0.5) is 4.79 Å². The lowest BCUT2D eigenvalue weighted by atomic mass is 9.93. The summed E-state index contributed by atoms with van der Waals surface area (Å²) < 4.78 is 6.01. The zero-order valence-corrected chi connectivity index (χ0v) is 26.1. The Balaban J connectivity index is 0.00000405. The molecule has 1 N–H and O–H groups in total. The SMILES string of the molecule is CCOc1nc(C(C)(C)C)ncc1C1=N[C@@H](c2ccc(Cl)cc2)[C@@H](c2ccc(Cl)cc2)N1C(=O)N1CCNC(=O)C1.Cl. The Hall–Kier alpha value is -3.40. The molecule has 2 aliphatic heterocycles. The maximum absolute atomic E-state index is 14.4. The molecular formula is C30H33Cl3N6O3. The van der Waals surface area contributed by atoms with Gasteiger partial charge in [-0.1, -0.05) is 68.2 Å². The van der Waals surface area contributed by atoms with E-state index in [1.807, 2.05) is 52.0 Å². The number of amidine groups is 1. The van der Waals surface area contributed by atoms with Gasteiger partial charge in [-0.15, -0.1) is 12.4 Å². The summed E-state index contributed by atoms with van der Waals surface area (Å²) in [5.74, 6) is 1.10. The topological polar surface area (TPSA) is 100 Å². The second-order valence-corrected chi connectivity index (χ2v) is 11.8. The van der Waals surface area contributed by atoms with Crippen LogP contribution in [-0.4, -0.2) is 63.8 Å². The van der Waals surface area contributed by atoms with Crippen molar-refractivity contribution in [2.24, 2.45) is 4.99 Å². The van der Waals surface area contributed by atoms with Crippen LogP contribution in [0.25, 0.3) is 0 Å². The highest BCUT2D eigenvalue weighted by Gasteiger charge is 2.45. The fourth-order valence-electron chi connectivity index (χ4n) is 4.94. The molecular weight excluding hydrogens is 599 g/mol.